The molecule has 0 amide bonds. The maximum Gasteiger partial charge on any atom is 0.339 e. The molecule has 0 saturated carbocycles. The van der Waals surface area contributed by atoms with E-state index >= 15 is 0 Å². The molecule has 2 heterocycles. The summed E-state index contributed by atoms with van der Waals surface area (Å²) in [7, 11) is -4.02. The molecule has 8 heteroatoms. The lowest BCUT2D eigenvalue weighted by Crippen LogP contribution is -2.09. The van der Waals surface area contributed by atoms with Gasteiger partial charge in [0, 0.05) is 24.2 Å². The SMILES string of the molecule is O=S(=O)(Oc1ccc(-c2cnc(-c3cccnc3)s2)cc1)c1ccc(F)cc1. The van der Waals surface area contributed by atoms with Crippen LogP contribution in [-0.2, 0) is 10.1 Å². The first-order valence-corrected chi connectivity index (χ1v) is 10.4. The predicted octanol–water partition coefficient (Wildman–Crippen LogP) is 4.78. The number of aromatic nitrogens is 2. The molecular formula is C20H13FN2O3S2. The van der Waals surface area contributed by atoms with Gasteiger partial charge in [0.1, 0.15) is 21.5 Å². The zero-order valence-electron chi connectivity index (χ0n) is 14.3. The molecule has 0 unspecified atom stereocenters. The largest absolute Gasteiger partial charge is 0.379 e. The van der Waals surface area contributed by atoms with Gasteiger partial charge in [0.05, 0.1) is 4.88 Å². The first-order valence-electron chi connectivity index (χ1n) is 8.18. The summed E-state index contributed by atoms with van der Waals surface area (Å²) in [6.07, 6.45) is 5.22. The molecule has 0 saturated heterocycles. The van der Waals surface area contributed by atoms with Gasteiger partial charge in [0.25, 0.3) is 0 Å². The lowest BCUT2D eigenvalue weighted by atomic mass is 10.2. The predicted molar refractivity (Wildman–Crippen MR) is 105 cm³/mol. The minimum atomic E-state index is -4.02. The Balaban J connectivity index is 1.53. The van der Waals surface area contributed by atoms with Crippen LogP contribution in [0.1, 0.15) is 0 Å². The number of halogens is 1. The summed E-state index contributed by atoms with van der Waals surface area (Å²) in [4.78, 5) is 9.33. The average molecular weight is 412 g/mol. The topological polar surface area (TPSA) is 69.2 Å². The second-order valence-corrected chi connectivity index (χ2v) is 8.36. The molecule has 2 aromatic carbocycles. The van der Waals surface area contributed by atoms with Crippen LogP contribution in [0.3, 0.4) is 0 Å². The Labute approximate surface area is 165 Å². The Kier molecular flexibility index (Phi) is 4.89. The molecule has 28 heavy (non-hydrogen) atoms. The maximum absolute atomic E-state index is 13.0. The first kappa shape index (κ1) is 18.3. The van der Waals surface area contributed by atoms with Crippen molar-refractivity contribution in [2.45, 2.75) is 4.90 Å². The van der Waals surface area contributed by atoms with Crippen molar-refractivity contribution in [1.82, 2.24) is 9.97 Å². The van der Waals surface area contributed by atoms with E-state index in [0.717, 1.165) is 45.3 Å². The van der Waals surface area contributed by atoms with Gasteiger partial charge in [-0.15, -0.1) is 11.3 Å². The third kappa shape index (κ3) is 3.92. The van der Waals surface area contributed by atoms with E-state index in [0.29, 0.717) is 0 Å². The molecule has 0 N–H and O–H groups in total. The number of hydrogen-bond acceptors (Lipinski definition) is 6. The fraction of sp³-hybridized carbons (Fsp3) is 0. The van der Waals surface area contributed by atoms with E-state index in [1.807, 2.05) is 12.1 Å². The second-order valence-electron chi connectivity index (χ2n) is 5.79. The summed E-state index contributed by atoms with van der Waals surface area (Å²) in [5, 5.41) is 0.849. The normalized spacial score (nSPS) is 11.3. The second kappa shape index (κ2) is 7.49. The minimum absolute atomic E-state index is 0.110. The Hall–Kier alpha value is -3.10. The highest BCUT2D eigenvalue weighted by Crippen LogP contribution is 2.32. The van der Waals surface area contributed by atoms with Crippen LogP contribution in [0.25, 0.3) is 21.0 Å². The van der Waals surface area contributed by atoms with Crippen LogP contribution in [-0.4, -0.2) is 18.4 Å². The van der Waals surface area contributed by atoms with Crippen molar-refractivity contribution >= 4 is 21.5 Å². The average Bonchev–Trinajstić information content (AvgIpc) is 3.19. The molecule has 140 valence electrons. The van der Waals surface area contributed by atoms with Crippen molar-refractivity contribution in [3.8, 4) is 26.8 Å². The summed E-state index contributed by atoms with van der Waals surface area (Å²) < 4.78 is 42.6. The molecule has 0 radical (unpaired) electrons. The van der Waals surface area contributed by atoms with Gasteiger partial charge in [-0.2, -0.15) is 8.42 Å². The third-order valence-corrected chi connectivity index (χ3v) is 6.22. The fourth-order valence-electron chi connectivity index (χ4n) is 2.48. The first-order chi connectivity index (χ1) is 13.5. The highest BCUT2D eigenvalue weighted by atomic mass is 32.2. The van der Waals surface area contributed by atoms with Crippen molar-refractivity contribution in [1.29, 1.82) is 0 Å². The fourth-order valence-corrected chi connectivity index (χ4v) is 4.32. The Morgan fingerprint density at radius 2 is 1.64 bits per heavy atom. The van der Waals surface area contributed by atoms with Crippen molar-refractivity contribution in [3.05, 3.63) is 85.1 Å². The number of thiazole rings is 1. The molecule has 0 spiro atoms. The van der Waals surface area contributed by atoms with Gasteiger partial charge >= 0.3 is 10.1 Å². The van der Waals surface area contributed by atoms with Gasteiger partial charge in [-0.25, -0.2) is 9.37 Å². The Bertz CT molecular complexity index is 1190. The van der Waals surface area contributed by atoms with Crippen LogP contribution in [0.2, 0.25) is 0 Å². The van der Waals surface area contributed by atoms with Crippen molar-refractivity contribution in [3.63, 3.8) is 0 Å². The van der Waals surface area contributed by atoms with E-state index in [1.165, 1.54) is 11.3 Å². The summed E-state index contributed by atoms with van der Waals surface area (Å²) in [5.74, 6) is -0.344. The molecule has 2 aromatic heterocycles. The van der Waals surface area contributed by atoms with E-state index in [2.05, 4.69) is 9.97 Å². The number of benzene rings is 2. The maximum atomic E-state index is 13.0. The summed E-state index contributed by atoms with van der Waals surface area (Å²) in [6.45, 7) is 0. The molecule has 5 nitrogen and oxygen atoms in total. The van der Waals surface area contributed by atoms with Gasteiger partial charge in [-0.3, -0.25) is 4.98 Å². The van der Waals surface area contributed by atoms with E-state index in [1.54, 1.807) is 42.9 Å². The van der Waals surface area contributed by atoms with E-state index in [9.17, 15) is 12.8 Å². The van der Waals surface area contributed by atoms with Crippen LogP contribution >= 0.6 is 11.3 Å². The van der Waals surface area contributed by atoms with Gasteiger partial charge in [-0.1, -0.05) is 0 Å². The van der Waals surface area contributed by atoms with Crippen molar-refractivity contribution in [2.75, 3.05) is 0 Å². The molecule has 0 atom stereocenters. The summed E-state index contributed by atoms with van der Waals surface area (Å²) in [6, 6.07) is 14.9. The Morgan fingerprint density at radius 3 is 2.32 bits per heavy atom. The molecular weight excluding hydrogens is 399 g/mol. The molecule has 4 aromatic rings. The molecule has 0 aliphatic heterocycles. The number of rotatable bonds is 5. The number of pyridine rings is 1. The number of nitrogens with zero attached hydrogens (tertiary/aromatic N) is 2. The van der Waals surface area contributed by atoms with E-state index < -0.39 is 15.9 Å². The monoisotopic (exact) mass is 412 g/mol. The van der Waals surface area contributed by atoms with Crippen LogP contribution in [0.15, 0.2) is 84.1 Å². The highest BCUT2D eigenvalue weighted by molar-refractivity contribution is 7.87. The number of hydrogen-bond donors (Lipinski definition) is 0. The van der Waals surface area contributed by atoms with Gasteiger partial charge in [0.2, 0.25) is 0 Å². The van der Waals surface area contributed by atoms with Gasteiger partial charge in [-0.05, 0) is 66.2 Å². The van der Waals surface area contributed by atoms with E-state index in [-0.39, 0.29) is 10.6 Å². The summed E-state index contributed by atoms with van der Waals surface area (Å²) >= 11 is 1.51. The zero-order chi connectivity index (χ0) is 19.6. The van der Waals surface area contributed by atoms with Crippen LogP contribution < -0.4 is 4.18 Å². The lowest BCUT2D eigenvalue weighted by molar-refractivity contribution is 0.486. The van der Waals surface area contributed by atoms with Crippen molar-refractivity contribution < 1.29 is 17.0 Å². The minimum Gasteiger partial charge on any atom is -0.379 e. The standard InChI is InChI=1S/C20H13FN2O3S2/c21-16-5-9-18(10-6-16)28(24,25)26-17-7-3-14(4-8-17)19-13-23-20(27-19)15-2-1-11-22-12-15/h1-13H. The molecule has 4 rings (SSSR count). The van der Waals surface area contributed by atoms with Gasteiger partial charge < -0.3 is 4.18 Å². The summed E-state index contributed by atoms with van der Waals surface area (Å²) in [5.41, 5.74) is 1.82. The molecule has 0 aliphatic carbocycles. The molecule has 0 aliphatic rings. The van der Waals surface area contributed by atoms with Crippen LogP contribution in [0.4, 0.5) is 4.39 Å². The molecule has 0 bridgehead atoms. The third-order valence-electron chi connectivity index (χ3n) is 3.86. The molecule has 0 fully saturated rings. The van der Waals surface area contributed by atoms with Crippen LogP contribution in [0, 0.1) is 5.82 Å². The van der Waals surface area contributed by atoms with E-state index in [4.69, 9.17) is 4.18 Å². The lowest BCUT2D eigenvalue weighted by Gasteiger charge is -2.07. The van der Waals surface area contributed by atoms with Crippen LogP contribution in [0.5, 0.6) is 5.75 Å². The van der Waals surface area contributed by atoms with Gasteiger partial charge in [0.15, 0.2) is 0 Å². The Morgan fingerprint density at radius 1 is 0.893 bits per heavy atom. The van der Waals surface area contributed by atoms with Crippen molar-refractivity contribution in [2.24, 2.45) is 0 Å². The quantitative estimate of drug-likeness (QED) is 0.441. The highest BCUT2D eigenvalue weighted by Gasteiger charge is 2.17. The smallest absolute Gasteiger partial charge is 0.339 e. The zero-order valence-corrected chi connectivity index (χ0v) is 16.0.